The zero-order valence-electron chi connectivity index (χ0n) is 13.3. The largest absolute Gasteiger partial charge is 0.369 e. The Balaban J connectivity index is 2.07. The maximum Gasteiger partial charge on any atom is 0.213 e. The molecule has 3 rings (SSSR count). The number of carbonyl (C=O) groups excluding carboxylic acids is 1. The summed E-state index contributed by atoms with van der Waals surface area (Å²) < 4.78 is 1.85. The third-order valence-electron chi connectivity index (χ3n) is 3.61. The molecule has 0 fully saturated rings. The first-order valence-corrected chi connectivity index (χ1v) is 7.69. The van der Waals surface area contributed by atoms with Crippen LogP contribution in [0.25, 0.3) is 16.6 Å². The van der Waals surface area contributed by atoms with Crippen molar-refractivity contribution in [1.82, 2.24) is 20.1 Å². The molecule has 7 nitrogen and oxygen atoms in total. The first kappa shape index (κ1) is 15.7. The highest BCUT2D eigenvalue weighted by molar-refractivity contribution is 5.89. The van der Waals surface area contributed by atoms with Crippen molar-refractivity contribution in [3.8, 4) is 5.69 Å². The van der Waals surface area contributed by atoms with Crippen LogP contribution in [0.5, 0.6) is 0 Å². The van der Waals surface area contributed by atoms with Gasteiger partial charge in [0.05, 0.1) is 23.1 Å². The second-order valence-electron chi connectivity index (χ2n) is 5.28. The number of nitrogens with one attached hydrogen (secondary N) is 1. The van der Waals surface area contributed by atoms with Crippen LogP contribution in [0.3, 0.4) is 0 Å². The summed E-state index contributed by atoms with van der Waals surface area (Å²) in [7, 11) is 0. The SMILES string of the molecule is CCCc1c(N=C(N)NC=O)cnn1-c1ccc2ncccc2c1. The summed E-state index contributed by atoms with van der Waals surface area (Å²) in [5.41, 5.74) is 9.12. The molecule has 0 saturated carbocycles. The number of carbonyl (C=O) groups is 1. The molecule has 1 amide bonds. The number of pyridine rings is 1. The Morgan fingerprint density at radius 3 is 3.08 bits per heavy atom. The van der Waals surface area contributed by atoms with E-state index >= 15 is 0 Å². The van der Waals surface area contributed by atoms with Crippen LogP contribution in [0.1, 0.15) is 19.0 Å². The van der Waals surface area contributed by atoms with Gasteiger partial charge in [0, 0.05) is 11.6 Å². The van der Waals surface area contributed by atoms with Crippen LogP contribution in [-0.2, 0) is 11.2 Å². The molecule has 3 N–H and O–H groups in total. The second kappa shape index (κ2) is 6.91. The molecule has 3 aromatic rings. The molecule has 0 radical (unpaired) electrons. The number of hydrogen-bond donors (Lipinski definition) is 2. The van der Waals surface area contributed by atoms with Crippen molar-refractivity contribution >= 4 is 29.0 Å². The number of nitrogens with two attached hydrogens (primary N) is 1. The Labute approximate surface area is 139 Å². The van der Waals surface area contributed by atoms with Crippen LogP contribution in [0.15, 0.2) is 47.7 Å². The van der Waals surface area contributed by atoms with E-state index < -0.39 is 0 Å². The normalized spacial score (nSPS) is 11.6. The van der Waals surface area contributed by atoms with E-state index in [1.165, 1.54) is 0 Å². The Kier molecular flexibility index (Phi) is 4.51. The van der Waals surface area contributed by atoms with Crippen LogP contribution in [0, 0.1) is 0 Å². The number of aliphatic imine (C=N–C) groups is 1. The average Bonchev–Trinajstić information content (AvgIpc) is 2.97. The summed E-state index contributed by atoms with van der Waals surface area (Å²) >= 11 is 0. The third kappa shape index (κ3) is 3.10. The van der Waals surface area contributed by atoms with E-state index in [9.17, 15) is 4.79 Å². The van der Waals surface area contributed by atoms with Gasteiger partial charge in [-0.25, -0.2) is 9.67 Å². The summed E-state index contributed by atoms with van der Waals surface area (Å²) in [6.07, 6.45) is 5.65. The summed E-state index contributed by atoms with van der Waals surface area (Å²) in [6.45, 7) is 2.09. The quantitative estimate of drug-likeness (QED) is 0.427. The fourth-order valence-electron chi connectivity index (χ4n) is 2.57. The predicted molar refractivity (Wildman–Crippen MR) is 93.3 cm³/mol. The summed E-state index contributed by atoms with van der Waals surface area (Å²) in [5, 5.41) is 7.82. The van der Waals surface area contributed by atoms with E-state index in [1.807, 2.05) is 35.0 Å². The fourth-order valence-corrected chi connectivity index (χ4v) is 2.57. The number of rotatable bonds is 5. The van der Waals surface area contributed by atoms with Gasteiger partial charge in [-0.2, -0.15) is 5.10 Å². The van der Waals surface area contributed by atoms with Crippen LogP contribution in [-0.4, -0.2) is 27.1 Å². The lowest BCUT2D eigenvalue weighted by molar-refractivity contribution is -0.108. The van der Waals surface area contributed by atoms with Gasteiger partial charge in [0.2, 0.25) is 6.41 Å². The summed E-state index contributed by atoms with van der Waals surface area (Å²) in [6, 6.07) is 9.90. The van der Waals surface area contributed by atoms with Gasteiger partial charge < -0.3 is 5.73 Å². The number of benzene rings is 1. The Morgan fingerprint density at radius 1 is 1.42 bits per heavy atom. The van der Waals surface area contributed by atoms with E-state index in [2.05, 4.69) is 27.3 Å². The summed E-state index contributed by atoms with van der Waals surface area (Å²) in [5.74, 6) is 0.0459. The molecule has 0 unspecified atom stereocenters. The lowest BCUT2D eigenvalue weighted by Crippen LogP contribution is -2.29. The van der Waals surface area contributed by atoms with E-state index in [4.69, 9.17) is 5.73 Å². The van der Waals surface area contributed by atoms with E-state index in [1.54, 1.807) is 12.4 Å². The average molecular weight is 322 g/mol. The van der Waals surface area contributed by atoms with Crippen molar-refractivity contribution in [2.75, 3.05) is 0 Å². The van der Waals surface area contributed by atoms with Crippen LogP contribution >= 0.6 is 0 Å². The zero-order chi connectivity index (χ0) is 16.9. The smallest absolute Gasteiger partial charge is 0.213 e. The van der Waals surface area contributed by atoms with Crippen molar-refractivity contribution < 1.29 is 4.79 Å². The first-order valence-electron chi connectivity index (χ1n) is 7.69. The second-order valence-corrected chi connectivity index (χ2v) is 5.28. The van der Waals surface area contributed by atoms with Crippen molar-refractivity contribution in [2.24, 2.45) is 10.7 Å². The van der Waals surface area contributed by atoms with Gasteiger partial charge in [-0.15, -0.1) is 0 Å². The minimum absolute atomic E-state index is 0.0459. The van der Waals surface area contributed by atoms with E-state index in [0.717, 1.165) is 35.1 Å². The van der Waals surface area contributed by atoms with Crippen molar-refractivity contribution in [3.05, 3.63) is 48.4 Å². The van der Waals surface area contributed by atoms with E-state index in [0.29, 0.717) is 12.1 Å². The Morgan fingerprint density at radius 2 is 2.29 bits per heavy atom. The van der Waals surface area contributed by atoms with Crippen LogP contribution < -0.4 is 11.1 Å². The van der Waals surface area contributed by atoms with Crippen LogP contribution in [0.4, 0.5) is 5.69 Å². The number of nitrogens with zero attached hydrogens (tertiary/aromatic N) is 4. The van der Waals surface area contributed by atoms with E-state index in [-0.39, 0.29) is 5.96 Å². The third-order valence-corrected chi connectivity index (χ3v) is 3.61. The molecule has 2 heterocycles. The molecule has 0 aliphatic heterocycles. The van der Waals surface area contributed by atoms with Gasteiger partial charge >= 0.3 is 0 Å². The van der Waals surface area contributed by atoms with Gasteiger partial charge in [0.1, 0.15) is 5.69 Å². The van der Waals surface area contributed by atoms with Crippen molar-refractivity contribution in [2.45, 2.75) is 19.8 Å². The Hall–Kier alpha value is -3.22. The van der Waals surface area contributed by atoms with Crippen LogP contribution in [0.2, 0.25) is 0 Å². The number of aromatic nitrogens is 3. The molecular formula is C17H18N6O. The summed E-state index contributed by atoms with van der Waals surface area (Å²) in [4.78, 5) is 19.0. The molecule has 0 aliphatic carbocycles. The van der Waals surface area contributed by atoms with Gasteiger partial charge in [-0.3, -0.25) is 15.1 Å². The predicted octanol–water partition coefficient (Wildman–Crippen LogP) is 2.07. The molecule has 24 heavy (non-hydrogen) atoms. The maximum atomic E-state index is 10.5. The maximum absolute atomic E-state index is 10.5. The molecule has 0 atom stereocenters. The number of amides is 1. The molecule has 7 heteroatoms. The molecule has 122 valence electrons. The fraction of sp³-hybridized carbons (Fsp3) is 0.176. The number of guanidine groups is 1. The first-order chi connectivity index (χ1) is 11.7. The Bertz CT molecular complexity index is 899. The number of fused-ring (bicyclic) bond motifs is 1. The molecule has 1 aromatic carbocycles. The minimum atomic E-state index is 0.0459. The highest BCUT2D eigenvalue weighted by Crippen LogP contribution is 2.25. The topological polar surface area (TPSA) is 98.2 Å². The van der Waals surface area contributed by atoms with Crippen molar-refractivity contribution in [3.63, 3.8) is 0 Å². The molecule has 2 aromatic heterocycles. The monoisotopic (exact) mass is 322 g/mol. The standard InChI is InChI=1S/C17H18N6O/c1-2-4-16-15(22-17(18)20-11-24)10-21-23(16)13-6-7-14-12(9-13)5-3-8-19-14/h3,5-11H,2,4H2,1H3,(H3,18,20,22,24). The van der Waals surface area contributed by atoms with Gasteiger partial charge in [0.15, 0.2) is 5.96 Å². The highest BCUT2D eigenvalue weighted by Gasteiger charge is 2.12. The molecule has 0 saturated heterocycles. The highest BCUT2D eigenvalue weighted by atomic mass is 16.1. The zero-order valence-corrected chi connectivity index (χ0v) is 13.3. The van der Waals surface area contributed by atoms with Gasteiger partial charge in [-0.05, 0) is 30.7 Å². The molecular weight excluding hydrogens is 304 g/mol. The van der Waals surface area contributed by atoms with Gasteiger partial charge in [-0.1, -0.05) is 19.4 Å². The lowest BCUT2D eigenvalue weighted by Gasteiger charge is -2.09. The molecule has 0 aliphatic rings. The molecule has 0 bridgehead atoms. The minimum Gasteiger partial charge on any atom is -0.369 e. The lowest BCUT2D eigenvalue weighted by atomic mass is 10.2. The number of hydrogen-bond acceptors (Lipinski definition) is 4. The van der Waals surface area contributed by atoms with Gasteiger partial charge in [0.25, 0.3) is 0 Å². The van der Waals surface area contributed by atoms with Crippen molar-refractivity contribution in [1.29, 1.82) is 0 Å². The molecule has 0 spiro atoms.